The monoisotopic (exact) mass is 358 g/mol. The number of rotatable bonds is 9. The van der Waals surface area contributed by atoms with Crippen LogP contribution in [0.3, 0.4) is 0 Å². The van der Waals surface area contributed by atoms with Gasteiger partial charge in [-0.25, -0.2) is 0 Å². The van der Waals surface area contributed by atoms with Gasteiger partial charge < -0.3 is 15.4 Å². The normalized spacial score (nSPS) is 11.4. The molecule has 2 amide bonds. The smallest absolute Gasteiger partial charge is 0.258 e. The summed E-state index contributed by atoms with van der Waals surface area (Å²) in [5.41, 5.74) is 0.705. The van der Waals surface area contributed by atoms with Crippen LogP contribution in [0.25, 0.3) is 0 Å². The van der Waals surface area contributed by atoms with Crippen molar-refractivity contribution in [2.75, 3.05) is 23.9 Å². The summed E-state index contributed by atoms with van der Waals surface area (Å²) in [6, 6.07) is 17.7. The number of thioether (sulfide) groups is 1. The lowest BCUT2D eigenvalue weighted by Crippen LogP contribution is -2.45. The first-order valence-electron chi connectivity index (χ1n) is 8.01. The molecule has 2 N–H and O–H groups in total. The van der Waals surface area contributed by atoms with Gasteiger partial charge in [0.15, 0.2) is 6.61 Å². The number of amides is 2. The number of hydrogen-bond acceptors (Lipinski definition) is 4. The summed E-state index contributed by atoms with van der Waals surface area (Å²) >= 11 is 1.63. The van der Waals surface area contributed by atoms with Gasteiger partial charge in [0.1, 0.15) is 11.8 Å². The highest BCUT2D eigenvalue weighted by Gasteiger charge is 2.20. The number of nitrogens with one attached hydrogen (secondary N) is 2. The molecule has 1 unspecified atom stereocenters. The Hall–Kier alpha value is -2.47. The molecule has 2 aromatic carbocycles. The SMILES string of the molecule is CSCCC(NC(=O)COc1ccccc1)C(=O)Nc1ccccc1. The average molecular weight is 358 g/mol. The van der Waals surface area contributed by atoms with E-state index in [0.717, 1.165) is 5.75 Å². The minimum Gasteiger partial charge on any atom is -0.484 e. The Bertz CT molecular complexity index is 665. The summed E-state index contributed by atoms with van der Waals surface area (Å²) in [7, 11) is 0. The molecule has 0 aromatic heterocycles. The molecule has 0 fully saturated rings. The zero-order valence-electron chi connectivity index (χ0n) is 14.1. The van der Waals surface area contributed by atoms with E-state index in [-0.39, 0.29) is 18.4 Å². The van der Waals surface area contributed by atoms with E-state index in [1.807, 2.05) is 54.8 Å². The highest BCUT2D eigenvalue weighted by Crippen LogP contribution is 2.10. The summed E-state index contributed by atoms with van der Waals surface area (Å²) in [6.45, 7) is -0.127. The first kappa shape index (κ1) is 18.9. The fourth-order valence-electron chi connectivity index (χ4n) is 2.16. The van der Waals surface area contributed by atoms with Gasteiger partial charge in [-0.2, -0.15) is 11.8 Å². The van der Waals surface area contributed by atoms with Crippen molar-refractivity contribution in [3.8, 4) is 5.75 Å². The van der Waals surface area contributed by atoms with Gasteiger partial charge in [0, 0.05) is 5.69 Å². The molecule has 1 atom stereocenters. The molecule has 25 heavy (non-hydrogen) atoms. The highest BCUT2D eigenvalue weighted by atomic mass is 32.2. The molecule has 0 aliphatic carbocycles. The molecule has 0 aliphatic heterocycles. The number of anilines is 1. The number of benzene rings is 2. The molecule has 2 aromatic rings. The van der Waals surface area contributed by atoms with Crippen molar-refractivity contribution < 1.29 is 14.3 Å². The second kappa shape index (κ2) is 10.4. The van der Waals surface area contributed by atoms with Crippen molar-refractivity contribution in [3.05, 3.63) is 60.7 Å². The van der Waals surface area contributed by atoms with Gasteiger partial charge in [-0.1, -0.05) is 36.4 Å². The lowest BCUT2D eigenvalue weighted by atomic mass is 10.2. The van der Waals surface area contributed by atoms with E-state index >= 15 is 0 Å². The predicted octanol–water partition coefficient (Wildman–Crippen LogP) is 2.94. The molecule has 132 valence electrons. The van der Waals surface area contributed by atoms with E-state index in [9.17, 15) is 9.59 Å². The minimum absolute atomic E-state index is 0.127. The lowest BCUT2D eigenvalue weighted by Gasteiger charge is -2.18. The van der Waals surface area contributed by atoms with Gasteiger partial charge in [-0.15, -0.1) is 0 Å². The van der Waals surface area contributed by atoms with Crippen LogP contribution in [0.15, 0.2) is 60.7 Å². The third-order valence-corrected chi connectivity index (χ3v) is 4.06. The van der Waals surface area contributed by atoms with E-state index < -0.39 is 6.04 Å². The van der Waals surface area contributed by atoms with Crippen LogP contribution in [-0.4, -0.2) is 36.5 Å². The topological polar surface area (TPSA) is 67.4 Å². The molecule has 0 saturated carbocycles. The van der Waals surface area contributed by atoms with Crippen LogP contribution in [0.5, 0.6) is 5.75 Å². The molecule has 0 heterocycles. The Morgan fingerprint density at radius 2 is 1.68 bits per heavy atom. The fourth-order valence-corrected chi connectivity index (χ4v) is 2.63. The number of para-hydroxylation sites is 2. The van der Waals surface area contributed by atoms with Crippen molar-refractivity contribution in [1.29, 1.82) is 0 Å². The van der Waals surface area contributed by atoms with Crippen molar-refractivity contribution in [2.45, 2.75) is 12.5 Å². The Kier molecular flexibility index (Phi) is 7.85. The van der Waals surface area contributed by atoms with Crippen LogP contribution in [-0.2, 0) is 9.59 Å². The van der Waals surface area contributed by atoms with Gasteiger partial charge in [0.2, 0.25) is 5.91 Å². The molecular weight excluding hydrogens is 336 g/mol. The van der Waals surface area contributed by atoms with Gasteiger partial charge in [0.25, 0.3) is 5.91 Å². The summed E-state index contributed by atoms with van der Waals surface area (Å²) in [5.74, 6) is 0.839. The summed E-state index contributed by atoms with van der Waals surface area (Å²) < 4.78 is 5.42. The quantitative estimate of drug-likeness (QED) is 0.723. The fraction of sp³-hybridized carbons (Fsp3) is 0.263. The second-order valence-corrected chi connectivity index (χ2v) is 6.34. The van der Waals surface area contributed by atoms with Crippen LogP contribution < -0.4 is 15.4 Å². The lowest BCUT2D eigenvalue weighted by molar-refractivity contribution is -0.127. The maximum Gasteiger partial charge on any atom is 0.258 e. The third-order valence-electron chi connectivity index (χ3n) is 3.42. The van der Waals surface area contributed by atoms with Crippen molar-refractivity contribution in [1.82, 2.24) is 5.32 Å². The summed E-state index contributed by atoms with van der Waals surface area (Å²) in [5, 5.41) is 5.58. The van der Waals surface area contributed by atoms with Crippen LogP contribution in [0, 0.1) is 0 Å². The Morgan fingerprint density at radius 1 is 1.04 bits per heavy atom. The van der Waals surface area contributed by atoms with Crippen LogP contribution >= 0.6 is 11.8 Å². The van der Waals surface area contributed by atoms with Gasteiger partial charge in [-0.05, 0) is 42.7 Å². The Labute approximate surface area is 152 Å². The second-order valence-electron chi connectivity index (χ2n) is 5.36. The van der Waals surface area contributed by atoms with E-state index in [0.29, 0.717) is 17.9 Å². The van der Waals surface area contributed by atoms with Crippen molar-refractivity contribution in [2.24, 2.45) is 0 Å². The first-order chi connectivity index (χ1) is 12.2. The molecular formula is C19H22N2O3S. The zero-order valence-corrected chi connectivity index (χ0v) is 14.9. The minimum atomic E-state index is -0.598. The molecule has 6 heteroatoms. The molecule has 0 bridgehead atoms. The number of hydrogen-bond donors (Lipinski definition) is 2. The third kappa shape index (κ3) is 6.89. The average Bonchev–Trinajstić information content (AvgIpc) is 2.65. The Balaban J connectivity index is 1.89. The van der Waals surface area contributed by atoms with Gasteiger partial charge >= 0.3 is 0 Å². The molecule has 0 radical (unpaired) electrons. The summed E-state index contributed by atoms with van der Waals surface area (Å²) in [4.78, 5) is 24.6. The van der Waals surface area contributed by atoms with Crippen LogP contribution in [0.1, 0.15) is 6.42 Å². The molecule has 0 aliphatic rings. The molecule has 0 spiro atoms. The van der Waals surface area contributed by atoms with E-state index in [2.05, 4.69) is 10.6 Å². The van der Waals surface area contributed by atoms with Crippen LogP contribution in [0.4, 0.5) is 5.69 Å². The zero-order chi connectivity index (χ0) is 17.9. The highest BCUT2D eigenvalue weighted by molar-refractivity contribution is 7.98. The largest absolute Gasteiger partial charge is 0.484 e. The first-order valence-corrected chi connectivity index (χ1v) is 9.40. The molecule has 0 saturated heterocycles. The molecule has 5 nitrogen and oxygen atoms in total. The number of carbonyl (C=O) groups excluding carboxylic acids is 2. The van der Waals surface area contributed by atoms with Crippen molar-refractivity contribution in [3.63, 3.8) is 0 Å². The standard InChI is InChI=1S/C19H22N2O3S/c1-25-13-12-17(19(23)20-15-8-4-2-5-9-15)21-18(22)14-24-16-10-6-3-7-11-16/h2-11,17H,12-14H2,1H3,(H,20,23)(H,21,22). The van der Waals surface area contributed by atoms with Gasteiger partial charge in [0.05, 0.1) is 0 Å². The summed E-state index contributed by atoms with van der Waals surface area (Å²) in [6.07, 6.45) is 2.52. The predicted molar refractivity (Wildman–Crippen MR) is 102 cm³/mol. The van der Waals surface area contributed by atoms with E-state index in [1.165, 1.54) is 0 Å². The maximum absolute atomic E-state index is 12.5. The number of ether oxygens (including phenoxy) is 1. The van der Waals surface area contributed by atoms with Gasteiger partial charge in [-0.3, -0.25) is 9.59 Å². The molecule has 2 rings (SSSR count). The maximum atomic E-state index is 12.5. The van der Waals surface area contributed by atoms with Crippen LogP contribution in [0.2, 0.25) is 0 Å². The Morgan fingerprint density at radius 3 is 2.32 bits per heavy atom. The number of carbonyl (C=O) groups is 2. The van der Waals surface area contributed by atoms with E-state index in [1.54, 1.807) is 23.9 Å². The van der Waals surface area contributed by atoms with Crippen molar-refractivity contribution >= 4 is 29.3 Å². The van der Waals surface area contributed by atoms with E-state index in [4.69, 9.17) is 4.74 Å².